The lowest BCUT2D eigenvalue weighted by atomic mass is 9.75. The van der Waals surface area contributed by atoms with Crippen LogP contribution in [0.4, 0.5) is 0 Å². The average Bonchev–Trinajstić information content (AvgIpc) is 2.80. The molecule has 2 nitrogen and oxygen atoms in total. The Bertz CT molecular complexity index is 397. The number of hydrogen-bond donors (Lipinski definition) is 0. The molecule has 1 aromatic rings. The summed E-state index contributed by atoms with van der Waals surface area (Å²) in [6.45, 7) is 9.09. The third kappa shape index (κ3) is 3.84. The lowest BCUT2D eigenvalue weighted by Gasteiger charge is -2.35. The van der Waals surface area contributed by atoms with Gasteiger partial charge in [0.15, 0.2) is 0 Å². The Hall–Kier alpha value is -0.310. The fourth-order valence-electron chi connectivity index (χ4n) is 3.12. The smallest absolute Gasteiger partial charge is 0.0627 e. The van der Waals surface area contributed by atoms with Gasteiger partial charge < -0.3 is 0 Å². The second-order valence-corrected chi connectivity index (χ2v) is 7.85. The summed E-state index contributed by atoms with van der Waals surface area (Å²) in [4.78, 5) is 0.673. The highest BCUT2D eigenvalue weighted by atomic mass is 79.9. The molecule has 0 radical (unpaired) electrons. The lowest BCUT2D eigenvalue weighted by Crippen LogP contribution is -2.29. The molecule has 0 aromatic carbocycles. The molecule has 1 saturated carbocycles. The van der Waals surface area contributed by atoms with E-state index in [4.69, 9.17) is 5.10 Å². The Balaban J connectivity index is 1.99. The van der Waals surface area contributed by atoms with Gasteiger partial charge in [0.1, 0.15) is 0 Å². The number of nitrogens with zero attached hydrogens (tertiary/aromatic N) is 2. The first-order chi connectivity index (χ1) is 8.97. The van der Waals surface area contributed by atoms with E-state index in [-0.39, 0.29) is 0 Å². The third-order valence-electron chi connectivity index (χ3n) is 4.54. The Morgan fingerprint density at radius 2 is 2.05 bits per heavy atom. The zero-order valence-electron chi connectivity index (χ0n) is 12.6. The van der Waals surface area contributed by atoms with E-state index < -0.39 is 0 Å². The molecule has 1 fully saturated rings. The zero-order chi connectivity index (χ0) is 14.0. The van der Waals surface area contributed by atoms with Gasteiger partial charge >= 0.3 is 0 Å². The van der Waals surface area contributed by atoms with Gasteiger partial charge in [-0.25, -0.2) is 0 Å². The van der Waals surface area contributed by atoms with E-state index in [1.807, 2.05) is 0 Å². The summed E-state index contributed by atoms with van der Waals surface area (Å²) in [6, 6.07) is 2.65. The molecule has 0 saturated heterocycles. The second kappa shape index (κ2) is 6.43. The molecule has 0 aliphatic heterocycles. The van der Waals surface area contributed by atoms with Crippen LogP contribution in [0, 0.1) is 17.8 Å². The molecule has 3 atom stereocenters. The summed E-state index contributed by atoms with van der Waals surface area (Å²) >= 11 is 3.89. The summed E-state index contributed by atoms with van der Waals surface area (Å²) in [5.74, 6) is 2.46. The van der Waals surface area contributed by atoms with Crippen LogP contribution in [0.5, 0.6) is 0 Å². The monoisotopic (exact) mass is 326 g/mol. The number of aromatic nitrogens is 2. The molecular weight excluding hydrogens is 300 g/mol. The van der Waals surface area contributed by atoms with Crippen molar-refractivity contribution in [2.75, 3.05) is 0 Å². The molecule has 0 amide bonds. The Kier molecular flexibility index (Phi) is 5.10. The van der Waals surface area contributed by atoms with E-state index in [1.165, 1.54) is 25.0 Å². The molecule has 1 aliphatic carbocycles. The Morgan fingerprint density at radius 3 is 2.63 bits per heavy atom. The maximum Gasteiger partial charge on any atom is 0.0627 e. The maximum atomic E-state index is 4.70. The van der Waals surface area contributed by atoms with E-state index in [9.17, 15) is 0 Å². The van der Waals surface area contributed by atoms with Crippen LogP contribution in [0.2, 0.25) is 0 Å². The maximum absolute atomic E-state index is 4.70. The summed E-state index contributed by atoms with van der Waals surface area (Å²) in [5.41, 5.74) is 1.26. The largest absolute Gasteiger partial charge is 0.270 e. The van der Waals surface area contributed by atoms with E-state index in [0.29, 0.717) is 10.9 Å². The van der Waals surface area contributed by atoms with Crippen molar-refractivity contribution >= 4 is 15.9 Å². The first-order valence-electron chi connectivity index (χ1n) is 7.65. The molecule has 0 spiro atoms. The number of halogens is 1. The van der Waals surface area contributed by atoms with Crippen molar-refractivity contribution in [1.29, 1.82) is 0 Å². The molecule has 1 aliphatic rings. The highest BCUT2D eigenvalue weighted by Gasteiger charge is 2.30. The van der Waals surface area contributed by atoms with Gasteiger partial charge in [0.25, 0.3) is 0 Å². The average molecular weight is 327 g/mol. The van der Waals surface area contributed by atoms with Crippen molar-refractivity contribution in [1.82, 2.24) is 9.78 Å². The van der Waals surface area contributed by atoms with Crippen LogP contribution in [0.3, 0.4) is 0 Å². The molecule has 3 heteroatoms. The predicted molar refractivity (Wildman–Crippen MR) is 84.7 cm³/mol. The minimum Gasteiger partial charge on any atom is -0.270 e. The fraction of sp³-hybridized carbons (Fsp3) is 0.812. The van der Waals surface area contributed by atoms with Crippen molar-refractivity contribution in [2.45, 2.75) is 64.2 Å². The molecule has 0 N–H and O–H groups in total. The molecule has 3 unspecified atom stereocenters. The summed E-state index contributed by atoms with van der Waals surface area (Å²) in [7, 11) is 0. The lowest BCUT2D eigenvalue weighted by molar-refractivity contribution is 0.221. The van der Waals surface area contributed by atoms with Gasteiger partial charge in [0.05, 0.1) is 5.69 Å². The first kappa shape index (κ1) is 15.1. The van der Waals surface area contributed by atoms with Gasteiger partial charge in [0, 0.05) is 17.1 Å². The van der Waals surface area contributed by atoms with Crippen LogP contribution >= 0.6 is 15.9 Å². The van der Waals surface area contributed by atoms with Gasteiger partial charge in [-0.15, -0.1) is 0 Å². The highest BCUT2D eigenvalue weighted by Crippen LogP contribution is 2.38. The minimum absolute atomic E-state index is 0.461. The first-order valence-corrected chi connectivity index (χ1v) is 8.57. The third-order valence-corrected chi connectivity index (χ3v) is 5.74. The molecule has 0 bridgehead atoms. The van der Waals surface area contributed by atoms with Crippen LogP contribution in [-0.2, 0) is 6.42 Å². The fourth-order valence-corrected chi connectivity index (χ4v) is 3.79. The molecule has 2 rings (SSSR count). The van der Waals surface area contributed by atoms with Crippen LogP contribution < -0.4 is 0 Å². The Morgan fingerprint density at radius 1 is 1.32 bits per heavy atom. The van der Waals surface area contributed by atoms with Gasteiger partial charge in [-0.3, -0.25) is 4.68 Å². The summed E-state index contributed by atoms with van der Waals surface area (Å²) in [5, 5.41) is 4.70. The molecule has 1 aromatic heterocycles. The molecular formula is C16H27BrN2. The van der Waals surface area contributed by atoms with E-state index in [0.717, 1.165) is 24.2 Å². The minimum atomic E-state index is 0.461. The van der Waals surface area contributed by atoms with Crippen molar-refractivity contribution in [3.8, 4) is 0 Å². The number of rotatable bonds is 4. The van der Waals surface area contributed by atoms with Gasteiger partial charge in [0.2, 0.25) is 0 Å². The summed E-state index contributed by atoms with van der Waals surface area (Å²) in [6.07, 6.45) is 7.29. The second-order valence-electron chi connectivity index (χ2n) is 6.68. The van der Waals surface area contributed by atoms with Crippen molar-refractivity contribution in [2.24, 2.45) is 17.8 Å². The van der Waals surface area contributed by atoms with Crippen LogP contribution in [0.1, 0.15) is 58.7 Å². The van der Waals surface area contributed by atoms with Crippen molar-refractivity contribution in [3.05, 3.63) is 18.0 Å². The predicted octanol–water partition coefficient (Wildman–Crippen LogP) is 4.84. The van der Waals surface area contributed by atoms with E-state index >= 15 is 0 Å². The number of alkyl halides is 1. The van der Waals surface area contributed by atoms with E-state index in [1.54, 1.807) is 0 Å². The normalized spacial score (nSPS) is 28.3. The van der Waals surface area contributed by atoms with Gasteiger partial charge in [-0.2, -0.15) is 5.10 Å². The van der Waals surface area contributed by atoms with Crippen LogP contribution in [-0.4, -0.2) is 14.6 Å². The molecule has 1 heterocycles. The van der Waals surface area contributed by atoms with Crippen molar-refractivity contribution < 1.29 is 0 Å². The quantitative estimate of drug-likeness (QED) is 0.723. The summed E-state index contributed by atoms with van der Waals surface area (Å²) < 4.78 is 2.07. The molecule has 19 heavy (non-hydrogen) atoms. The number of hydrogen-bond acceptors (Lipinski definition) is 1. The van der Waals surface area contributed by atoms with Gasteiger partial charge in [-0.05, 0) is 63.4 Å². The SMILES string of the molecule is CC(C)C1CCC(Br)C(Cc2ccn(C(C)C)n2)C1. The Labute approximate surface area is 126 Å². The van der Waals surface area contributed by atoms with Gasteiger partial charge in [-0.1, -0.05) is 29.8 Å². The topological polar surface area (TPSA) is 17.8 Å². The van der Waals surface area contributed by atoms with Crippen molar-refractivity contribution in [3.63, 3.8) is 0 Å². The van der Waals surface area contributed by atoms with Crippen LogP contribution in [0.15, 0.2) is 12.3 Å². The zero-order valence-corrected chi connectivity index (χ0v) is 14.2. The molecule has 108 valence electrons. The highest BCUT2D eigenvalue weighted by molar-refractivity contribution is 9.09. The van der Waals surface area contributed by atoms with Crippen LogP contribution in [0.25, 0.3) is 0 Å². The van der Waals surface area contributed by atoms with E-state index in [2.05, 4.69) is 60.6 Å². The standard InChI is InChI=1S/C16H27BrN2/c1-11(2)13-5-6-16(17)14(9-13)10-15-7-8-19(18-15)12(3)4/h7-8,11-14,16H,5-6,9-10H2,1-4H3.